The summed E-state index contributed by atoms with van der Waals surface area (Å²) in [6, 6.07) is 52.3. The Hall–Kier alpha value is -5.40. The summed E-state index contributed by atoms with van der Waals surface area (Å²) in [5.74, 6) is 0. The lowest BCUT2D eigenvalue weighted by Crippen LogP contribution is -1.94. The fourth-order valence-electron chi connectivity index (χ4n) is 7.55. The molecule has 0 unspecified atom stereocenters. The molecule has 1 heteroatoms. The Balaban J connectivity index is 1.24. The minimum Gasteiger partial charge on any atom is -0.309 e. The molecule has 0 fully saturated rings. The molecule has 0 saturated carbocycles. The van der Waals surface area contributed by atoms with Crippen molar-refractivity contribution in [1.29, 1.82) is 0 Å². The lowest BCUT2D eigenvalue weighted by molar-refractivity contribution is 1.13. The van der Waals surface area contributed by atoms with E-state index < -0.39 is 0 Å². The molecule has 9 rings (SSSR count). The summed E-state index contributed by atoms with van der Waals surface area (Å²) in [7, 11) is 0. The second-order valence-electron chi connectivity index (χ2n) is 12.3. The van der Waals surface area contributed by atoms with E-state index in [9.17, 15) is 0 Å². The molecule has 45 heavy (non-hydrogen) atoms. The van der Waals surface area contributed by atoms with Crippen LogP contribution in [0.2, 0.25) is 0 Å². The fraction of sp³-hybridized carbons (Fsp3) is 0.0909. The maximum atomic E-state index is 2.43. The normalized spacial score (nSPS) is 12.0. The van der Waals surface area contributed by atoms with Crippen LogP contribution in [0.4, 0.5) is 0 Å². The first kappa shape index (κ1) is 26.0. The van der Waals surface area contributed by atoms with Crippen LogP contribution in [0.5, 0.6) is 0 Å². The highest BCUT2D eigenvalue weighted by Crippen LogP contribution is 2.40. The molecule has 1 nitrogen and oxygen atoms in total. The predicted octanol–water partition coefficient (Wildman–Crippen LogP) is 12.2. The van der Waals surface area contributed by atoms with Gasteiger partial charge in [-0.1, -0.05) is 105 Å². The van der Waals surface area contributed by atoms with E-state index >= 15 is 0 Å². The SMILES string of the molecule is CCc1ccc2c(c1)c1cc(CC)ccc1n2-c1ccc(-c2cccc3cc4c5ccccc5c5ccccc5c4cc23)cc1. The van der Waals surface area contributed by atoms with Crippen molar-refractivity contribution in [3.63, 3.8) is 0 Å². The van der Waals surface area contributed by atoms with Crippen LogP contribution in [0, 0.1) is 0 Å². The molecule has 0 spiro atoms. The van der Waals surface area contributed by atoms with Crippen LogP contribution in [-0.2, 0) is 12.8 Å². The van der Waals surface area contributed by atoms with E-state index in [1.807, 2.05) is 0 Å². The van der Waals surface area contributed by atoms with Crippen molar-refractivity contribution in [1.82, 2.24) is 4.57 Å². The molecule has 0 aliphatic heterocycles. The van der Waals surface area contributed by atoms with Gasteiger partial charge >= 0.3 is 0 Å². The van der Waals surface area contributed by atoms with Gasteiger partial charge in [-0.15, -0.1) is 0 Å². The molecule has 0 amide bonds. The number of fused-ring (bicyclic) bond motifs is 10. The van der Waals surface area contributed by atoms with E-state index in [1.54, 1.807) is 0 Å². The maximum absolute atomic E-state index is 2.43. The van der Waals surface area contributed by atoms with Gasteiger partial charge in [0.1, 0.15) is 0 Å². The summed E-state index contributed by atoms with van der Waals surface area (Å²) in [5.41, 5.74) is 8.97. The summed E-state index contributed by atoms with van der Waals surface area (Å²) in [4.78, 5) is 0. The number of nitrogens with zero attached hydrogens (tertiary/aromatic N) is 1. The Kier molecular flexibility index (Phi) is 5.83. The third kappa shape index (κ3) is 3.94. The first-order valence-electron chi connectivity index (χ1n) is 16.1. The summed E-state index contributed by atoms with van der Waals surface area (Å²) in [5, 5.41) is 13.1. The molecular weight excluding hydrogens is 542 g/mol. The molecule has 0 bridgehead atoms. The van der Waals surface area contributed by atoms with E-state index in [-0.39, 0.29) is 0 Å². The van der Waals surface area contributed by atoms with Gasteiger partial charge in [0.15, 0.2) is 0 Å². The number of aromatic nitrogens is 1. The van der Waals surface area contributed by atoms with Gasteiger partial charge in [-0.3, -0.25) is 0 Å². The Morgan fingerprint density at radius 2 is 0.933 bits per heavy atom. The smallest absolute Gasteiger partial charge is 0.0541 e. The Bertz CT molecular complexity index is 2540. The molecule has 0 N–H and O–H groups in total. The number of benzene rings is 8. The largest absolute Gasteiger partial charge is 0.309 e. The Morgan fingerprint density at radius 3 is 1.49 bits per heavy atom. The topological polar surface area (TPSA) is 4.93 Å². The minimum atomic E-state index is 1.04. The standard InChI is InChI=1S/C44H33N/c1-3-28-16-22-43-41(24-28)42-25-29(4-2)17-23-44(42)45(43)32-20-18-30(19-21-32)33-15-9-10-31-26-39-36-13-7-5-11-34(36)35-12-6-8-14-37(35)40(39)27-38(31)33/h5-27H,3-4H2,1-2H3. The Morgan fingerprint density at radius 1 is 0.400 bits per heavy atom. The highest BCUT2D eigenvalue weighted by molar-refractivity contribution is 6.27. The van der Waals surface area contributed by atoms with Crippen molar-refractivity contribution in [3.05, 3.63) is 151 Å². The summed E-state index contributed by atoms with van der Waals surface area (Å²) >= 11 is 0. The number of rotatable bonds is 4. The van der Waals surface area contributed by atoms with E-state index in [0.29, 0.717) is 0 Å². The van der Waals surface area contributed by atoms with Crippen molar-refractivity contribution in [3.8, 4) is 16.8 Å². The average Bonchev–Trinajstić information content (AvgIpc) is 3.43. The Labute approximate surface area is 263 Å². The number of aryl methyl sites for hydroxylation is 2. The summed E-state index contributed by atoms with van der Waals surface area (Å²) in [6.07, 6.45) is 2.08. The van der Waals surface area contributed by atoms with Crippen LogP contribution in [0.1, 0.15) is 25.0 Å². The quantitative estimate of drug-likeness (QED) is 0.145. The maximum Gasteiger partial charge on any atom is 0.0541 e. The van der Waals surface area contributed by atoms with Crippen molar-refractivity contribution in [2.45, 2.75) is 26.7 Å². The molecule has 0 atom stereocenters. The molecule has 0 aliphatic rings. The van der Waals surface area contributed by atoms with Gasteiger partial charge in [0, 0.05) is 16.5 Å². The van der Waals surface area contributed by atoms with Gasteiger partial charge in [0.2, 0.25) is 0 Å². The van der Waals surface area contributed by atoms with Crippen molar-refractivity contribution < 1.29 is 0 Å². The first-order chi connectivity index (χ1) is 22.2. The zero-order chi connectivity index (χ0) is 30.1. The number of hydrogen-bond acceptors (Lipinski definition) is 0. The summed E-state index contributed by atoms with van der Waals surface area (Å²) < 4.78 is 2.43. The zero-order valence-electron chi connectivity index (χ0n) is 25.6. The predicted molar refractivity (Wildman–Crippen MR) is 195 cm³/mol. The monoisotopic (exact) mass is 575 g/mol. The number of hydrogen-bond donors (Lipinski definition) is 0. The van der Waals surface area contributed by atoms with Crippen LogP contribution < -0.4 is 0 Å². The summed E-state index contributed by atoms with van der Waals surface area (Å²) in [6.45, 7) is 4.47. The molecule has 214 valence electrons. The highest BCUT2D eigenvalue weighted by Gasteiger charge is 2.15. The van der Waals surface area contributed by atoms with Crippen LogP contribution >= 0.6 is 0 Å². The van der Waals surface area contributed by atoms with Crippen LogP contribution in [0.15, 0.2) is 140 Å². The van der Waals surface area contributed by atoms with Crippen molar-refractivity contribution in [2.75, 3.05) is 0 Å². The van der Waals surface area contributed by atoms with Gasteiger partial charge < -0.3 is 4.57 Å². The van der Waals surface area contributed by atoms with Crippen LogP contribution in [0.3, 0.4) is 0 Å². The van der Waals surface area contributed by atoms with Gasteiger partial charge in [-0.05, 0) is 127 Å². The van der Waals surface area contributed by atoms with Gasteiger partial charge in [-0.25, -0.2) is 0 Å². The second-order valence-corrected chi connectivity index (χ2v) is 12.3. The molecule has 8 aromatic carbocycles. The molecule has 0 saturated heterocycles. The molecule has 0 aliphatic carbocycles. The molecule has 1 aromatic heterocycles. The second kappa shape index (κ2) is 10.1. The van der Waals surface area contributed by atoms with Gasteiger partial charge in [-0.2, -0.15) is 0 Å². The van der Waals surface area contributed by atoms with E-state index in [0.717, 1.165) is 12.8 Å². The molecular formula is C44H33N. The van der Waals surface area contributed by atoms with Crippen LogP contribution in [0.25, 0.3) is 81.7 Å². The van der Waals surface area contributed by atoms with E-state index in [1.165, 1.54) is 92.8 Å². The van der Waals surface area contributed by atoms with Crippen molar-refractivity contribution in [2.24, 2.45) is 0 Å². The third-order valence-corrected chi connectivity index (χ3v) is 9.89. The van der Waals surface area contributed by atoms with Gasteiger partial charge in [0.05, 0.1) is 11.0 Å². The van der Waals surface area contributed by atoms with E-state index in [2.05, 4.69) is 158 Å². The molecule has 9 aromatic rings. The first-order valence-corrected chi connectivity index (χ1v) is 16.1. The van der Waals surface area contributed by atoms with E-state index in [4.69, 9.17) is 0 Å². The molecule has 1 heterocycles. The minimum absolute atomic E-state index is 1.04. The highest BCUT2D eigenvalue weighted by atomic mass is 15.0. The molecule has 0 radical (unpaired) electrons. The third-order valence-electron chi connectivity index (χ3n) is 9.89. The zero-order valence-corrected chi connectivity index (χ0v) is 25.6. The lowest BCUT2D eigenvalue weighted by Gasteiger charge is -2.14. The average molecular weight is 576 g/mol. The fourth-order valence-corrected chi connectivity index (χ4v) is 7.55. The lowest BCUT2D eigenvalue weighted by atomic mass is 9.90. The van der Waals surface area contributed by atoms with Gasteiger partial charge in [0.25, 0.3) is 0 Å². The van der Waals surface area contributed by atoms with Crippen LogP contribution in [-0.4, -0.2) is 4.57 Å². The van der Waals surface area contributed by atoms with Crippen molar-refractivity contribution >= 4 is 64.9 Å².